The number of hydrazone groups is 1. The molecule has 3 aliphatic heterocycles. The van der Waals surface area contributed by atoms with Crippen molar-refractivity contribution in [1.29, 1.82) is 0 Å². The summed E-state index contributed by atoms with van der Waals surface area (Å²) in [6, 6.07) is 0. The number of aliphatic hydroxyl groups excluding tert-OH is 2. The average Bonchev–Trinajstić information content (AvgIpc) is 3.49. The van der Waals surface area contributed by atoms with Gasteiger partial charge in [-0.25, -0.2) is 0 Å². The van der Waals surface area contributed by atoms with Gasteiger partial charge in [-0.05, 0) is 32.8 Å². The predicted octanol–water partition coefficient (Wildman–Crippen LogP) is 6.99. The highest BCUT2D eigenvalue weighted by Gasteiger charge is 2.50. The number of ether oxygens (including phenoxy) is 4. The lowest BCUT2D eigenvalue weighted by molar-refractivity contribution is -0.160. The van der Waals surface area contributed by atoms with Gasteiger partial charge in [0.1, 0.15) is 23.4 Å². The second-order valence-corrected chi connectivity index (χ2v) is 16.5. The average molecular weight is 852 g/mol. The first-order valence-corrected chi connectivity index (χ1v) is 21.1. The number of carbonyl (C=O) groups excluding carboxylic acids is 3. The third-order valence-electron chi connectivity index (χ3n) is 11.9. The molecule has 15 nitrogen and oxygen atoms in total. The number of phenols is 3. The molecule has 1 amide bonds. The smallest absolute Gasteiger partial charge is 0.312 e. The second kappa shape index (κ2) is 20.6. The third-order valence-corrected chi connectivity index (χ3v) is 11.9. The number of nitrogens with one attached hydrogen (secondary N) is 1. The molecule has 0 spiro atoms. The SMILES string of the molecule is CCCCN(CCCC)N=Cc1c2c(O)c3c(O)c(C)c4c(c3c1O)C(=O)C(C)(OC=CC(OC)C(C)C(OC(C)=O)C(C)C(O)C(C)C(O)C(C)C=CC=C(C)C(=O)N2)O4. The number of methoxy groups -OCH3 is 1. The molecule has 6 N–H and O–H groups in total. The maximum absolute atomic E-state index is 14.5. The van der Waals surface area contributed by atoms with Crippen LogP contribution in [0.1, 0.15) is 109 Å². The molecule has 2 aromatic carbocycles. The van der Waals surface area contributed by atoms with Crippen LogP contribution in [0, 0.1) is 30.6 Å². The summed E-state index contributed by atoms with van der Waals surface area (Å²) in [7, 11) is 1.44. The quantitative estimate of drug-likeness (QED) is 0.0468. The number of hydrogen-bond acceptors (Lipinski definition) is 14. The molecule has 0 fully saturated rings. The number of phenolic OH excluding ortho intramolecular Hbond substituents is 3. The number of ketones is 1. The number of benzene rings is 2. The Hall–Kier alpha value is -5.12. The topological polar surface area (TPSA) is 217 Å². The summed E-state index contributed by atoms with van der Waals surface area (Å²) in [4.78, 5) is 40.7. The number of rotatable bonds is 10. The van der Waals surface area contributed by atoms with Crippen molar-refractivity contribution >= 4 is 40.3 Å². The van der Waals surface area contributed by atoms with E-state index in [0.717, 1.165) is 25.7 Å². The van der Waals surface area contributed by atoms with Gasteiger partial charge in [-0.1, -0.05) is 72.6 Å². The Morgan fingerprint density at radius 2 is 1.57 bits per heavy atom. The van der Waals surface area contributed by atoms with Gasteiger partial charge >= 0.3 is 11.8 Å². The Balaban J connectivity index is 1.99. The molecule has 0 aliphatic carbocycles. The van der Waals surface area contributed by atoms with Gasteiger partial charge in [0.05, 0.1) is 53.0 Å². The number of carbonyl (C=O) groups is 3. The Morgan fingerprint density at radius 3 is 2.16 bits per heavy atom. The van der Waals surface area contributed by atoms with Crippen LogP contribution in [-0.2, 0) is 23.8 Å². The van der Waals surface area contributed by atoms with E-state index in [-0.39, 0.29) is 44.5 Å². The van der Waals surface area contributed by atoms with E-state index in [1.54, 1.807) is 39.8 Å². The number of hydrogen-bond donors (Lipinski definition) is 6. The maximum Gasteiger partial charge on any atom is 0.312 e. The van der Waals surface area contributed by atoms with Gasteiger partial charge in [-0.3, -0.25) is 19.4 Å². The summed E-state index contributed by atoms with van der Waals surface area (Å²) in [6.45, 7) is 17.9. The molecule has 9 unspecified atom stereocenters. The fraction of sp³-hybridized carbons (Fsp3) is 0.565. The van der Waals surface area contributed by atoms with Crippen LogP contribution in [0.2, 0.25) is 0 Å². The number of aliphatic hydroxyl groups is 2. The fourth-order valence-electron chi connectivity index (χ4n) is 7.92. The number of Topliss-reactive ketones (excluding diaryl/α,β-unsaturated/α-hetero) is 1. The first kappa shape index (κ1) is 48.5. The molecule has 336 valence electrons. The first-order chi connectivity index (χ1) is 28.8. The molecular formula is C46H65N3O12. The highest BCUT2D eigenvalue weighted by molar-refractivity contribution is 6.23. The maximum atomic E-state index is 14.5. The van der Waals surface area contributed by atoms with E-state index in [0.29, 0.717) is 13.1 Å². The Bertz CT molecular complexity index is 2050. The molecule has 61 heavy (non-hydrogen) atoms. The summed E-state index contributed by atoms with van der Waals surface area (Å²) in [5, 5.41) is 67.3. The molecule has 0 saturated heterocycles. The zero-order valence-electron chi connectivity index (χ0n) is 37.3. The van der Waals surface area contributed by atoms with Crippen molar-refractivity contribution in [2.45, 2.75) is 125 Å². The number of fused-ring (bicyclic) bond motifs is 14. The van der Waals surface area contributed by atoms with Crippen molar-refractivity contribution in [3.8, 4) is 23.0 Å². The summed E-state index contributed by atoms with van der Waals surface area (Å²) in [5.74, 6) is -8.32. The molecule has 0 saturated carbocycles. The standard InChI is InChI=1S/C46H65N3O12/c1-12-14-20-49(21-15-13-2)47-23-31-36-41(55)34-33(40(31)54)35-43(29(8)39(34)53)61-46(10,44(35)56)59-22-19-32(58-11)26(5)42(60-30(9)50)28(7)38(52)27(6)37(51)24(3)17-16-18-25(4)45(57)48-36/h16-19,22-24,26-28,32,37-38,42,51-55H,12-15,20-21H2,1-11H3,(H,48,57). The van der Waals surface area contributed by atoms with Crippen LogP contribution in [0.15, 0.2) is 41.2 Å². The monoisotopic (exact) mass is 851 g/mol. The summed E-state index contributed by atoms with van der Waals surface area (Å²) >= 11 is 0. The van der Waals surface area contributed by atoms with Crippen molar-refractivity contribution in [2.75, 3.05) is 25.5 Å². The van der Waals surface area contributed by atoms with Crippen LogP contribution >= 0.6 is 0 Å². The number of aromatic hydroxyl groups is 3. The van der Waals surface area contributed by atoms with Gasteiger partial charge in [-0.15, -0.1) is 0 Å². The summed E-state index contributed by atoms with van der Waals surface area (Å²) < 4.78 is 23.7. The van der Waals surface area contributed by atoms with Crippen molar-refractivity contribution in [1.82, 2.24) is 5.01 Å². The normalized spacial score (nSPS) is 27.6. The van der Waals surface area contributed by atoms with Crippen LogP contribution in [0.4, 0.5) is 5.69 Å². The van der Waals surface area contributed by atoms with Crippen molar-refractivity contribution in [3.63, 3.8) is 0 Å². The lowest BCUT2D eigenvalue weighted by Gasteiger charge is -2.38. The van der Waals surface area contributed by atoms with E-state index in [4.69, 9.17) is 18.9 Å². The zero-order chi connectivity index (χ0) is 45.5. The van der Waals surface area contributed by atoms with Gasteiger partial charge in [0.2, 0.25) is 0 Å². The molecule has 3 aliphatic rings. The van der Waals surface area contributed by atoms with Crippen LogP contribution in [0.25, 0.3) is 10.8 Å². The predicted molar refractivity (Wildman–Crippen MR) is 233 cm³/mol. The number of esters is 1. The van der Waals surface area contributed by atoms with Gasteiger partial charge in [0, 0.05) is 74.2 Å². The highest BCUT2D eigenvalue weighted by Crippen LogP contribution is 2.55. The fourth-order valence-corrected chi connectivity index (χ4v) is 7.92. The Labute approximate surface area is 358 Å². The molecule has 9 atom stereocenters. The largest absolute Gasteiger partial charge is 0.507 e. The minimum atomic E-state index is -2.05. The van der Waals surface area contributed by atoms with E-state index < -0.39 is 88.8 Å². The van der Waals surface area contributed by atoms with Crippen molar-refractivity contribution in [2.24, 2.45) is 28.8 Å². The molecule has 5 rings (SSSR count). The minimum Gasteiger partial charge on any atom is -0.507 e. The third kappa shape index (κ3) is 10.3. The molecule has 3 heterocycles. The highest BCUT2D eigenvalue weighted by atomic mass is 16.7. The number of nitrogens with zero attached hydrogens (tertiary/aromatic N) is 2. The van der Waals surface area contributed by atoms with E-state index in [2.05, 4.69) is 24.3 Å². The van der Waals surface area contributed by atoms with Crippen LogP contribution in [0.3, 0.4) is 0 Å². The summed E-state index contributed by atoms with van der Waals surface area (Å²) in [5.41, 5.74) is -0.326. The van der Waals surface area contributed by atoms with Gasteiger partial charge in [0.15, 0.2) is 5.75 Å². The Morgan fingerprint density at radius 1 is 0.934 bits per heavy atom. The Kier molecular flexibility index (Phi) is 16.4. The molecule has 0 radical (unpaired) electrons. The second-order valence-electron chi connectivity index (χ2n) is 16.5. The molecule has 2 aromatic rings. The number of anilines is 1. The number of amides is 1. The molecular weight excluding hydrogens is 787 g/mol. The minimum absolute atomic E-state index is 0.0586. The van der Waals surface area contributed by atoms with E-state index in [1.165, 1.54) is 59.4 Å². The number of unbranched alkanes of at least 4 members (excludes halogenated alkanes) is 2. The van der Waals surface area contributed by atoms with E-state index >= 15 is 0 Å². The lowest BCUT2D eigenvalue weighted by Crippen LogP contribution is -2.46. The van der Waals surface area contributed by atoms with E-state index in [9.17, 15) is 39.9 Å². The van der Waals surface area contributed by atoms with Gasteiger partial charge in [0.25, 0.3) is 11.7 Å². The lowest BCUT2D eigenvalue weighted by atomic mass is 9.78. The zero-order valence-corrected chi connectivity index (χ0v) is 37.3. The number of allylic oxidation sites excluding steroid dienone is 2. The van der Waals surface area contributed by atoms with Crippen LogP contribution in [-0.4, -0.2) is 105 Å². The molecule has 0 aromatic heterocycles. The van der Waals surface area contributed by atoms with Gasteiger partial charge < -0.3 is 49.8 Å². The summed E-state index contributed by atoms with van der Waals surface area (Å²) in [6.07, 6.45) is 8.39. The molecule has 15 heteroatoms. The van der Waals surface area contributed by atoms with Crippen molar-refractivity contribution < 1.29 is 58.9 Å². The molecule has 5 bridgehead atoms. The van der Waals surface area contributed by atoms with Crippen molar-refractivity contribution in [3.05, 3.63) is 52.8 Å². The van der Waals surface area contributed by atoms with Crippen LogP contribution < -0.4 is 10.1 Å². The van der Waals surface area contributed by atoms with Crippen LogP contribution in [0.5, 0.6) is 23.0 Å². The van der Waals surface area contributed by atoms with E-state index in [1.807, 2.05) is 5.01 Å². The van der Waals surface area contributed by atoms with Gasteiger partial charge in [-0.2, -0.15) is 5.10 Å². The first-order valence-electron chi connectivity index (χ1n) is 21.1.